The van der Waals surface area contributed by atoms with Crippen LogP contribution in [0.25, 0.3) is 0 Å². The van der Waals surface area contributed by atoms with E-state index in [1.807, 2.05) is 12.1 Å². The van der Waals surface area contributed by atoms with Crippen molar-refractivity contribution >= 4 is 5.97 Å². The number of carbonyl (C=O) groups is 1. The molecule has 0 heterocycles. The first kappa shape index (κ1) is 15.2. The van der Waals surface area contributed by atoms with Crippen LogP contribution < -0.4 is 5.32 Å². The van der Waals surface area contributed by atoms with Gasteiger partial charge in [-0.1, -0.05) is 12.1 Å². The van der Waals surface area contributed by atoms with Gasteiger partial charge in [0.15, 0.2) is 0 Å². The Labute approximate surface area is 138 Å². The summed E-state index contributed by atoms with van der Waals surface area (Å²) in [5.74, 6) is 2.07. The van der Waals surface area contributed by atoms with Gasteiger partial charge in [-0.3, -0.25) is 0 Å². The smallest absolute Gasteiger partial charge is 0.335 e. The summed E-state index contributed by atoms with van der Waals surface area (Å²) in [5, 5.41) is 12.8. The van der Waals surface area contributed by atoms with E-state index in [-0.39, 0.29) is 0 Å². The fourth-order valence-corrected chi connectivity index (χ4v) is 6.01. The molecule has 4 aliphatic carbocycles. The molecule has 4 fully saturated rings. The lowest BCUT2D eigenvalue weighted by Crippen LogP contribution is -2.54. The highest BCUT2D eigenvalue weighted by Crippen LogP contribution is 2.61. The first-order valence-corrected chi connectivity index (χ1v) is 9.10. The maximum Gasteiger partial charge on any atom is 0.335 e. The molecule has 5 rings (SSSR count). The number of rotatable bonds is 5. The Morgan fingerprint density at radius 3 is 2.39 bits per heavy atom. The summed E-state index contributed by atoms with van der Waals surface area (Å²) < 4.78 is 0. The van der Waals surface area contributed by atoms with Gasteiger partial charge >= 0.3 is 5.97 Å². The maximum absolute atomic E-state index is 11.1. The minimum absolute atomic E-state index is 0.381. The number of hydrogen-bond donors (Lipinski definition) is 2. The van der Waals surface area contributed by atoms with Crippen molar-refractivity contribution in [2.24, 2.45) is 23.2 Å². The maximum atomic E-state index is 11.1. The van der Waals surface area contributed by atoms with Gasteiger partial charge in [-0.05, 0) is 86.3 Å². The average molecular weight is 313 g/mol. The van der Waals surface area contributed by atoms with Gasteiger partial charge in [0, 0.05) is 12.6 Å². The van der Waals surface area contributed by atoms with Crippen LogP contribution in [0.1, 0.15) is 61.4 Å². The van der Waals surface area contributed by atoms with E-state index in [2.05, 4.69) is 12.2 Å². The fourth-order valence-electron chi connectivity index (χ4n) is 6.01. The zero-order chi connectivity index (χ0) is 16.0. The normalized spacial score (nSPS) is 36.1. The number of aromatic carboxylic acids is 1. The lowest BCUT2D eigenvalue weighted by Gasteiger charge is -2.59. The highest BCUT2D eigenvalue weighted by molar-refractivity contribution is 5.87. The van der Waals surface area contributed by atoms with Crippen LogP contribution in [-0.4, -0.2) is 17.1 Å². The SMILES string of the molecule is CC(NCc1cccc(C(=O)O)c1)C12CC3CC(CC(C3)C1)C2. The predicted octanol–water partition coefficient (Wildman–Crippen LogP) is 4.08. The van der Waals surface area contributed by atoms with Gasteiger partial charge in [0.1, 0.15) is 0 Å². The van der Waals surface area contributed by atoms with E-state index in [0.29, 0.717) is 17.0 Å². The Morgan fingerprint density at radius 2 is 1.83 bits per heavy atom. The zero-order valence-electron chi connectivity index (χ0n) is 13.9. The highest BCUT2D eigenvalue weighted by Gasteiger charge is 2.52. The Balaban J connectivity index is 1.43. The number of nitrogens with one attached hydrogen (secondary N) is 1. The minimum atomic E-state index is -0.846. The molecule has 0 aromatic heterocycles. The van der Waals surface area contributed by atoms with Gasteiger partial charge in [0.25, 0.3) is 0 Å². The molecule has 2 N–H and O–H groups in total. The molecular formula is C20H27NO2. The summed E-state index contributed by atoms with van der Waals surface area (Å²) in [4.78, 5) is 11.1. The molecule has 4 bridgehead atoms. The summed E-state index contributed by atoms with van der Waals surface area (Å²) in [6.07, 6.45) is 8.65. The van der Waals surface area contributed by atoms with Gasteiger partial charge in [-0.25, -0.2) is 4.79 Å². The van der Waals surface area contributed by atoms with Gasteiger partial charge in [0.05, 0.1) is 5.56 Å². The quantitative estimate of drug-likeness (QED) is 0.861. The molecule has 3 heteroatoms. The Hall–Kier alpha value is -1.35. The number of hydrogen-bond acceptors (Lipinski definition) is 2. The molecule has 1 aromatic rings. The third-order valence-corrected chi connectivity index (χ3v) is 6.79. The molecule has 4 aliphatic rings. The predicted molar refractivity (Wildman–Crippen MR) is 90.3 cm³/mol. The van der Waals surface area contributed by atoms with E-state index in [9.17, 15) is 4.79 Å². The van der Waals surface area contributed by atoms with E-state index in [1.54, 1.807) is 12.1 Å². The standard InChI is InChI=1S/C20H27NO2/c1-13(21-12-14-3-2-4-18(8-14)19(22)23)20-9-15-5-16(10-20)7-17(6-15)11-20/h2-4,8,13,15-17,21H,5-7,9-12H2,1H3,(H,22,23). The third-order valence-electron chi connectivity index (χ3n) is 6.79. The van der Waals surface area contributed by atoms with Crippen LogP contribution in [0.4, 0.5) is 0 Å². The lowest BCUT2D eigenvalue weighted by atomic mass is 9.48. The first-order chi connectivity index (χ1) is 11.0. The summed E-state index contributed by atoms with van der Waals surface area (Å²) in [6.45, 7) is 3.12. The molecule has 0 aliphatic heterocycles. The molecular weight excluding hydrogens is 286 g/mol. The van der Waals surface area contributed by atoms with Crippen LogP contribution in [0.5, 0.6) is 0 Å². The summed E-state index contributed by atoms with van der Waals surface area (Å²) >= 11 is 0. The molecule has 1 atom stereocenters. The number of carboxylic acids is 1. The van der Waals surface area contributed by atoms with Gasteiger partial charge in [0.2, 0.25) is 0 Å². The van der Waals surface area contributed by atoms with E-state index in [4.69, 9.17) is 5.11 Å². The van der Waals surface area contributed by atoms with Gasteiger partial charge < -0.3 is 10.4 Å². The largest absolute Gasteiger partial charge is 0.478 e. The highest BCUT2D eigenvalue weighted by atomic mass is 16.4. The number of carboxylic acid groups (broad SMARTS) is 1. The third kappa shape index (κ3) is 2.80. The van der Waals surface area contributed by atoms with Crippen molar-refractivity contribution in [3.8, 4) is 0 Å². The topological polar surface area (TPSA) is 49.3 Å². The second kappa shape index (κ2) is 5.62. The van der Waals surface area contributed by atoms with Crippen molar-refractivity contribution in [2.45, 2.75) is 58.0 Å². The average Bonchev–Trinajstić information content (AvgIpc) is 2.51. The van der Waals surface area contributed by atoms with Crippen molar-refractivity contribution < 1.29 is 9.90 Å². The van der Waals surface area contributed by atoms with E-state index >= 15 is 0 Å². The molecule has 0 amide bonds. The monoisotopic (exact) mass is 313 g/mol. The van der Waals surface area contributed by atoms with Crippen LogP contribution in [0.15, 0.2) is 24.3 Å². The molecule has 1 aromatic carbocycles. The minimum Gasteiger partial charge on any atom is -0.478 e. The summed E-state index contributed by atoms with van der Waals surface area (Å²) in [5.41, 5.74) is 1.95. The van der Waals surface area contributed by atoms with Crippen molar-refractivity contribution in [1.82, 2.24) is 5.32 Å². The van der Waals surface area contributed by atoms with Crippen molar-refractivity contribution in [1.29, 1.82) is 0 Å². The second-order valence-corrected chi connectivity index (χ2v) is 8.39. The van der Waals surface area contributed by atoms with Crippen molar-refractivity contribution in [2.75, 3.05) is 0 Å². The lowest BCUT2D eigenvalue weighted by molar-refractivity contribution is -0.0706. The fraction of sp³-hybridized carbons (Fsp3) is 0.650. The molecule has 4 saturated carbocycles. The molecule has 23 heavy (non-hydrogen) atoms. The molecule has 124 valence electrons. The molecule has 0 radical (unpaired) electrons. The zero-order valence-corrected chi connectivity index (χ0v) is 13.9. The van der Waals surface area contributed by atoms with Crippen LogP contribution in [-0.2, 0) is 6.54 Å². The molecule has 1 unspecified atom stereocenters. The Bertz CT molecular complexity index is 574. The first-order valence-electron chi connectivity index (χ1n) is 9.10. The molecule has 3 nitrogen and oxygen atoms in total. The summed E-state index contributed by atoms with van der Waals surface area (Å²) in [7, 11) is 0. The Kier molecular flexibility index (Phi) is 3.72. The molecule has 0 spiro atoms. The summed E-state index contributed by atoms with van der Waals surface area (Å²) in [6, 6.07) is 7.84. The Morgan fingerprint density at radius 1 is 1.22 bits per heavy atom. The van der Waals surface area contributed by atoms with Crippen LogP contribution in [0.2, 0.25) is 0 Å². The molecule has 0 saturated heterocycles. The van der Waals surface area contributed by atoms with E-state index in [0.717, 1.165) is 29.9 Å². The van der Waals surface area contributed by atoms with Crippen molar-refractivity contribution in [3.05, 3.63) is 35.4 Å². The van der Waals surface area contributed by atoms with Crippen LogP contribution >= 0.6 is 0 Å². The number of benzene rings is 1. The van der Waals surface area contributed by atoms with Gasteiger partial charge in [-0.2, -0.15) is 0 Å². The van der Waals surface area contributed by atoms with Crippen LogP contribution in [0, 0.1) is 23.2 Å². The van der Waals surface area contributed by atoms with Gasteiger partial charge in [-0.15, -0.1) is 0 Å². The van der Waals surface area contributed by atoms with Crippen molar-refractivity contribution in [3.63, 3.8) is 0 Å². The second-order valence-electron chi connectivity index (χ2n) is 8.39. The van der Waals surface area contributed by atoms with E-state index < -0.39 is 5.97 Å². The van der Waals surface area contributed by atoms with Crippen LogP contribution in [0.3, 0.4) is 0 Å². The van der Waals surface area contributed by atoms with E-state index in [1.165, 1.54) is 38.5 Å².